The molecule has 0 aliphatic rings. The van der Waals surface area contributed by atoms with E-state index in [1.807, 2.05) is 0 Å². The van der Waals surface area contributed by atoms with Crippen LogP contribution in [0.15, 0.2) is 0 Å². The summed E-state index contributed by atoms with van der Waals surface area (Å²) in [6, 6.07) is 0. The summed E-state index contributed by atoms with van der Waals surface area (Å²) in [7, 11) is -4.92. The monoisotopic (exact) mass is 211 g/mol. The Morgan fingerprint density at radius 2 is 1.64 bits per heavy atom. The molecule has 9 heteroatoms. The van der Waals surface area contributed by atoms with Gasteiger partial charge in [-0.25, -0.2) is 8.42 Å². The number of carbonyl (C=O) groups is 1. The molecular formula is C2H6KNO6S. The zero-order chi connectivity index (χ0) is 8.78. The van der Waals surface area contributed by atoms with Crippen LogP contribution in [0, 0.1) is 0 Å². The van der Waals surface area contributed by atoms with Gasteiger partial charge in [0.05, 0.1) is 6.54 Å². The van der Waals surface area contributed by atoms with Gasteiger partial charge >= 0.3 is 57.4 Å². The van der Waals surface area contributed by atoms with Crippen LogP contribution in [-0.4, -0.2) is 35.1 Å². The van der Waals surface area contributed by atoms with Crippen molar-refractivity contribution in [1.29, 1.82) is 0 Å². The summed E-state index contributed by atoms with van der Waals surface area (Å²) in [6.07, 6.45) is 0. The number of carboxylic acids is 1. The van der Waals surface area contributed by atoms with Crippen LogP contribution in [0.25, 0.3) is 0 Å². The standard InChI is InChI=1S/C2H5NO2.K.H2O4S/c3-1-2(4)5;;1-5(2,3)4/h1,3H2,(H,4,5);;(H2,1,2,3,4)/q;+1;/p-1. The van der Waals surface area contributed by atoms with Gasteiger partial charge in [0.25, 0.3) is 0 Å². The van der Waals surface area contributed by atoms with Crippen LogP contribution in [0.2, 0.25) is 0 Å². The third-order valence-corrected chi connectivity index (χ3v) is 0.175. The maximum absolute atomic E-state index is 9.24. The second-order valence-electron chi connectivity index (χ2n) is 1.03. The predicted molar refractivity (Wildman–Crippen MR) is 29.0 cm³/mol. The van der Waals surface area contributed by atoms with Gasteiger partial charge in [0.1, 0.15) is 0 Å². The Balaban J connectivity index is -0.000000107. The summed E-state index contributed by atoms with van der Waals surface area (Å²) in [5.41, 5.74) is 4.57. The average Bonchev–Trinajstić information content (AvgIpc) is 1.61. The molecule has 0 aromatic carbocycles. The first-order valence-electron chi connectivity index (χ1n) is 1.87. The molecule has 0 saturated carbocycles. The molecule has 0 aliphatic heterocycles. The molecular weight excluding hydrogens is 205 g/mol. The van der Waals surface area contributed by atoms with Gasteiger partial charge in [0.2, 0.25) is 10.4 Å². The van der Waals surface area contributed by atoms with E-state index in [4.69, 9.17) is 22.6 Å². The molecule has 0 bridgehead atoms. The molecule has 0 atom stereocenters. The van der Waals surface area contributed by atoms with Gasteiger partial charge in [-0.2, -0.15) is 0 Å². The van der Waals surface area contributed by atoms with Crippen molar-refractivity contribution >= 4 is 16.4 Å². The van der Waals surface area contributed by atoms with Crippen molar-refractivity contribution in [2.75, 3.05) is 6.54 Å². The van der Waals surface area contributed by atoms with Gasteiger partial charge in [-0.15, -0.1) is 0 Å². The van der Waals surface area contributed by atoms with E-state index in [0.29, 0.717) is 0 Å². The Morgan fingerprint density at radius 1 is 1.55 bits per heavy atom. The van der Waals surface area contributed by atoms with Crippen molar-refractivity contribution in [3.8, 4) is 0 Å². The summed E-state index contributed by atoms with van der Waals surface area (Å²) >= 11 is 0. The van der Waals surface area contributed by atoms with Crippen LogP contribution in [-0.2, 0) is 15.2 Å². The molecule has 0 amide bonds. The Kier molecular flexibility index (Phi) is 14.7. The quantitative estimate of drug-likeness (QED) is 0.224. The van der Waals surface area contributed by atoms with E-state index >= 15 is 0 Å². The minimum absolute atomic E-state index is 0. The first-order valence-corrected chi connectivity index (χ1v) is 3.24. The summed E-state index contributed by atoms with van der Waals surface area (Å²) in [5.74, 6) is -0.968. The molecule has 0 aromatic heterocycles. The van der Waals surface area contributed by atoms with E-state index < -0.39 is 16.4 Å². The third kappa shape index (κ3) is 101. The fraction of sp³-hybridized carbons (Fsp3) is 0.500. The minimum Gasteiger partial charge on any atom is -0.726 e. The van der Waals surface area contributed by atoms with Crippen LogP contribution in [0.5, 0.6) is 0 Å². The van der Waals surface area contributed by atoms with Crippen LogP contribution in [0.1, 0.15) is 0 Å². The summed E-state index contributed by atoms with van der Waals surface area (Å²) in [4.78, 5) is 9.24. The SMILES string of the molecule is NCC(=O)O.O=S(=O)([O-])O.[K+]. The van der Waals surface area contributed by atoms with Gasteiger partial charge in [-0.05, 0) is 0 Å². The van der Waals surface area contributed by atoms with Crippen LogP contribution >= 0.6 is 0 Å². The van der Waals surface area contributed by atoms with Crippen molar-refractivity contribution in [1.82, 2.24) is 0 Å². The molecule has 0 saturated heterocycles. The van der Waals surface area contributed by atoms with Gasteiger partial charge in [0.15, 0.2) is 0 Å². The molecule has 7 nitrogen and oxygen atoms in total. The van der Waals surface area contributed by atoms with Crippen molar-refractivity contribution in [2.45, 2.75) is 0 Å². The van der Waals surface area contributed by atoms with Gasteiger partial charge in [-0.3, -0.25) is 9.35 Å². The van der Waals surface area contributed by atoms with Crippen LogP contribution < -0.4 is 57.1 Å². The maximum atomic E-state index is 9.24. The topological polar surface area (TPSA) is 141 Å². The smallest absolute Gasteiger partial charge is 0.726 e. The molecule has 0 aliphatic carbocycles. The fourth-order valence-corrected chi connectivity index (χ4v) is 0. The van der Waals surface area contributed by atoms with Crippen molar-refractivity contribution in [3.63, 3.8) is 0 Å². The van der Waals surface area contributed by atoms with E-state index in [2.05, 4.69) is 5.73 Å². The van der Waals surface area contributed by atoms with Crippen molar-refractivity contribution < 1.29 is 78.8 Å². The van der Waals surface area contributed by atoms with E-state index in [1.54, 1.807) is 0 Å². The molecule has 0 spiro atoms. The minimum atomic E-state index is -4.92. The molecule has 0 unspecified atom stereocenters. The predicted octanol–water partition coefficient (Wildman–Crippen LogP) is -4.96. The molecule has 0 heterocycles. The van der Waals surface area contributed by atoms with E-state index in [-0.39, 0.29) is 57.9 Å². The number of nitrogens with two attached hydrogens (primary N) is 1. The largest absolute Gasteiger partial charge is 1.00 e. The Labute approximate surface area is 106 Å². The first kappa shape index (κ1) is 17.9. The molecule has 0 aromatic rings. The summed E-state index contributed by atoms with van der Waals surface area (Å²) < 4.78 is 32.8. The molecule has 11 heavy (non-hydrogen) atoms. The first-order chi connectivity index (χ1) is 4.27. The van der Waals surface area contributed by atoms with E-state index in [9.17, 15) is 4.79 Å². The molecule has 62 valence electrons. The Bertz CT molecular complexity index is 179. The molecule has 0 rings (SSSR count). The van der Waals surface area contributed by atoms with Gasteiger partial charge in [0, 0.05) is 0 Å². The number of hydrogen-bond acceptors (Lipinski definition) is 5. The molecule has 0 fully saturated rings. The van der Waals surface area contributed by atoms with Crippen LogP contribution in [0.3, 0.4) is 0 Å². The Hall–Kier alpha value is 0.936. The second-order valence-corrected chi connectivity index (χ2v) is 1.88. The normalized spacial score (nSPS) is 8.64. The molecule has 0 radical (unpaired) electrons. The number of rotatable bonds is 1. The zero-order valence-electron chi connectivity index (χ0n) is 5.72. The van der Waals surface area contributed by atoms with Crippen molar-refractivity contribution in [2.24, 2.45) is 5.73 Å². The average molecular weight is 211 g/mol. The molecule has 4 N–H and O–H groups in total. The maximum Gasteiger partial charge on any atom is 1.00 e. The van der Waals surface area contributed by atoms with Gasteiger partial charge in [-0.1, -0.05) is 0 Å². The summed E-state index contributed by atoms with van der Waals surface area (Å²) in [5, 5.41) is 7.60. The van der Waals surface area contributed by atoms with Crippen LogP contribution in [0.4, 0.5) is 0 Å². The number of aliphatic carboxylic acids is 1. The zero-order valence-corrected chi connectivity index (χ0v) is 9.66. The van der Waals surface area contributed by atoms with Crippen molar-refractivity contribution in [3.05, 3.63) is 0 Å². The van der Waals surface area contributed by atoms with E-state index in [0.717, 1.165) is 0 Å². The second kappa shape index (κ2) is 9.03. The Morgan fingerprint density at radius 3 is 1.64 bits per heavy atom. The van der Waals surface area contributed by atoms with Gasteiger partial charge < -0.3 is 15.4 Å². The van der Waals surface area contributed by atoms with E-state index in [1.165, 1.54) is 0 Å². The number of carboxylic acid groups (broad SMARTS) is 1. The summed E-state index contributed by atoms with van der Waals surface area (Å²) in [6.45, 7) is -0.278. The third-order valence-electron chi connectivity index (χ3n) is 0.175. The fourth-order valence-electron chi connectivity index (χ4n) is 0. The number of hydrogen-bond donors (Lipinski definition) is 3.